The van der Waals surface area contributed by atoms with E-state index in [1.807, 2.05) is 0 Å². The number of ether oxygens (including phenoxy) is 1. The molecule has 31 heavy (non-hydrogen) atoms. The van der Waals surface area contributed by atoms with Crippen LogP contribution >= 0.6 is 11.6 Å². The molecule has 2 aliphatic rings. The first-order valence-electron chi connectivity index (χ1n) is 10.4. The van der Waals surface area contributed by atoms with Crippen LogP contribution < -0.4 is 5.32 Å². The Bertz CT molecular complexity index is 1090. The maximum atomic E-state index is 12.9. The lowest BCUT2D eigenvalue weighted by Gasteiger charge is -2.24. The Morgan fingerprint density at radius 1 is 0.968 bits per heavy atom. The van der Waals surface area contributed by atoms with Crippen molar-refractivity contribution in [2.24, 2.45) is 0 Å². The lowest BCUT2D eigenvalue weighted by Crippen LogP contribution is -2.42. The predicted molar refractivity (Wildman–Crippen MR) is 115 cm³/mol. The monoisotopic (exact) mass is 439 g/mol. The molecule has 1 unspecified atom stereocenters. The molecule has 7 heteroatoms. The van der Waals surface area contributed by atoms with E-state index in [2.05, 4.69) is 5.32 Å². The maximum Gasteiger partial charge on any atom is 0.340 e. The van der Waals surface area contributed by atoms with Crippen molar-refractivity contribution < 1.29 is 23.9 Å². The summed E-state index contributed by atoms with van der Waals surface area (Å²) < 4.78 is 5.31. The van der Waals surface area contributed by atoms with Gasteiger partial charge in [-0.3, -0.25) is 14.4 Å². The lowest BCUT2D eigenvalue weighted by molar-refractivity contribution is -0.130. The summed E-state index contributed by atoms with van der Waals surface area (Å²) in [6.45, 7) is 1.49. The molecule has 2 aromatic carbocycles. The average Bonchev–Trinajstić information content (AvgIpc) is 2.77. The third-order valence-electron chi connectivity index (χ3n) is 5.85. The minimum absolute atomic E-state index is 0.0147. The summed E-state index contributed by atoms with van der Waals surface area (Å²) >= 11 is 6.39. The normalized spacial score (nSPS) is 16.8. The SMILES string of the molecule is CC(OC(=O)c1ccc2c(c1Cl)C(=O)c1ccccc1C2=O)C(=O)NC1CCCCC1. The number of esters is 1. The van der Waals surface area contributed by atoms with Crippen LogP contribution in [0.4, 0.5) is 0 Å². The summed E-state index contributed by atoms with van der Waals surface area (Å²) in [4.78, 5) is 50.8. The van der Waals surface area contributed by atoms with Crippen molar-refractivity contribution in [3.8, 4) is 0 Å². The van der Waals surface area contributed by atoms with E-state index in [9.17, 15) is 19.2 Å². The highest BCUT2D eigenvalue weighted by Gasteiger charge is 2.34. The summed E-state index contributed by atoms with van der Waals surface area (Å²) in [5.74, 6) is -1.94. The fourth-order valence-corrected chi connectivity index (χ4v) is 4.47. The Balaban J connectivity index is 1.54. The second kappa shape index (κ2) is 8.63. The van der Waals surface area contributed by atoms with E-state index in [1.54, 1.807) is 24.3 Å². The first-order valence-corrected chi connectivity index (χ1v) is 10.8. The summed E-state index contributed by atoms with van der Waals surface area (Å²) in [6.07, 6.45) is 4.12. The van der Waals surface area contributed by atoms with E-state index < -0.39 is 17.9 Å². The quantitative estimate of drug-likeness (QED) is 0.618. The molecule has 0 aliphatic heterocycles. The van der Waals surface area contributed by atoms with Crippen LogP contribution in [0, 0.1) is 0 Å². The summed E-state index contributed by atoms with van der Waals surface area (Å²) in [7, 11) is 0. The van der Waals surface area contributed by atoms with Gasteiger partial charge in [0.25, 0.3) is 5.91 Å². The van der Waals surface area contributed by atoms with Gasteiger partial charge in [-0.25, -0.2) is 4.79 Å². The van der Waals surface area contributed by atoms with Gasteiger partial charge < -0.3 is 10.1 Å². The number of carbonyl (C=O) groups is 4. The molecule has 0 radical (unpaired) electrons. The van der Waals surface area contributed by atoms with Crippen LogP contribution in [0.1, 0.15) is 81.2 Å². The Hall–Kier alpha value is -2.99. The largest absolute Gasteiger partial charge is 0.449 e. The lowest BCUT2D eigenvalue weighted by atomic mass is 9.83. The molecular formula is C24H22ClNO5. The fraction of sp³-hybridized carbons (Fsp3) is 0.333. The Kier molecular flexibility index (Phi) is 5.92. The standard InChI is InChI=1S/C24H22ClNO5/c1-13(23(29)26-14-7-3-2-4-8-14)31-24(30)18-12-11-17-19(20(18)25)22(28)16-10-6-5-9-15(16)21(17)27/h5-6,9-14H,2-4,7-8H2,1H3,(H,26,29). The maximum absolute atomic E-state index is 12.9. The first-order chi connectivity index (χ1) is 14.9. The van der Waals surface area contributed by atoms with E-state index in [0.717, 1.165) is 25.7 Å². The number of ketones is 2. The van der Waals surface area contributed by atoms with Gasteiger partial charge in [0.2, 0.25) is 0 Å². The summed E-state index contributed by atoms with van der Waals surface area (Å²) in [6, 6.07) is 9.34. The second-order valence-corrected chi connectivity index (χ2v) is 8.32. The topological polar surface area (TPSA) is 89.5 Å². The summed E-state index contributed by atoms with van der Waals surface area (Å²) in [5.41, 5.74) is 0.623. The number of amides is 1. The van der Waals surface area contributed by atoms with Gasteiger partial charge in [-0.1, -0.05) is 55.1 Å². The number of halogens is 1. The van der Waals surface area contributed by atoms with E-state index in [4.69, 9.17) is 16.3 Å². The van der Waals surface area contributed by atoms with E-state index >= 15 is 0 Å². The highest BCUT2D eigenvalue weighted by atomic mass is 35.5. The van der Waals surface area contributed by atoms with Crippen molar-refractivity contribution >= 4 is 35.0 Å². The van der Waals surface area contributed by atoms with Gasteiger partial charge in [-0.05, 0) is 31.9 Å². The third-order valence-corrected chi connectivity index (χ3v) is 6.25. The molecule has 1 fully saturated rings. The number of nitrogens with one attached hydrogen (secondary N) is 1. The molecule has 1 N–H and O–H groups in total. The molecule has 0 aromatic heterocycles. The zero-order valence-electron chi connectivity index (χ0n) is 17.1. The molecule has 0 spiro atoms. The molecule has 160 valence electrons. The van der Waals surface area contributed by atoms with Gasteiger partial charge >= 0.3 is 5.97 Å². The van der Waals surface area contributed by atoms with E-state index in [-0.39, 0.29) is 45.0 Å². The van der Waals surface area contributed by atoms with Gasteiger partial charge in [0.1, 0.15) is 0 Å². The smallest absolute Gasteiger partial charge is 0.340 e. The number of rotatable bonds is 4. The van der Waals surface area contributed by atoms with Crippen LogP contribution in [0.15, 0.2) is 36.4 Å². The zero-order valence-corrected chi connectivity index (χ0v) is 17.8. The molecule has 1 atom stereocenters. The van der Waals surface area contributed by atoms with Crippen molar-refractivity contribution in [3.63, 3.8) is 0 Å². The fourth-order valence-electron chi connectivity index (χ4n) is 4.15. The van der Waals surface area contributed by atoms with Gasteiger partial charge in [-0.2, -0.15) is 0 Å². The zero-order chi connectivity index (χ0) is 22.1. The first kappa shape index (κ1) is 21.2. The molecule has 0 heterocycles. The average molecular weight is 440 g/mol. The van der Waals surface area contributed by atoms with E-state index in [1.165, 1.54) is 25.5 Å². The van der Waals surface area contributed by atoms with E-state index in [0.29, 0.717) is 5.56 Å². The Morgan fingerprint density at radius 2 is 1.61 bits per heavy atom. The molecule has 6 nitrogen and oxygen atoms in total. The van der Waals surface area contributed by atoms with Gasteiger partial charge in [0.05, 0.1) is 16.1 Å². The Morgan fingerprint density at radius 3 is 2.29 bits per heavy atom. The van der Waals surface area contributed by atoms with Crippen LogP contribution in [0.3, 0.4) is 0 Å². The number of benzene rings is 2. The molecular weight excluding hydrogens is 418 g/mol. The van der Waals surface area contributed by atoms with Crippen molar-refractivity contribution in [1.82, 2.24) is 5.32 Å². The van der Waals surface area contributed by atoms with Crippen molar-refractivity contribution in [2.45, 2.75) is 51.2 Å². The van der Waals surface area contributed by atoms with Crippen LogP contribution in [0.2, 0.25) is 5.02 Å². The predicted octanol–water partition coefficient (Wildman–Crippen LogP) is 4.11. The number of hydrogen-bond acceptors (Lipinski definition) is 5. The molecule has 1 saturated carbocycles. The minimum Gasteiger partial charge on any atom is -0.449 e. The van der Waals surface area contributed by atoms with Crippen LogP contribution in [-0.2, 0) is 9.53 Å². The highest BCUT2D eigenvalue weighted by molar-refractivity contribution is 6.41. The molecule has 2 aromatic rings. The van der Waals surface area contributed by atoms with Gasteiger partial charge in [0, 0.05) is 22.7 Å². The Labute approximate surface area is 184 Å². The third kappa shape index (κ3) is 4.00. The number of hydrogen-bond donors (Lipinski definition) is 1. The van der Waals surface area contributed by atoms with Crippen LogP contribution in [0.25, 0.3) is 0 Å². The van der Waals surface area contributed by atoms with Crippen LogP contribution in [0.5, 0.6) is 0 Å². The highest BCUT2D eigenvalue weighted by Crippen LogP contribution is 2.34. The molecule has 4 rings (SSSR count). The van der Waals surface area contributed by atoms with Gasteiger partial charge in [-0.15, -0.1) is 0 Å². The minimum atomic E-state index is -1.01. The van der Waals surface area contributed by atoms with Crippen molar-refractivity contribution in [3.05, 3.63) is 69.2 Å². The molecule has 1 amide bonds. The molecule has 0 saturated heterocycles. The number of fused-ring (bicyclic) bond motifs is 2. The molecule has 0 bridgehead atoms. The van der Waals surface area contributed by atoms with Crippen LogP contribution in [-0.4, -0.2) is 35.6 Å². The van der Waals surface area contributed by atoms with Crippen molar-refractivity contribution in [2.75, 3.05) is 0 Å². The summed E-state index contributed by atoms with van der Waals surface area (Å²) in [5, 5.41) is 2.77. The number of carbonyl (C=O) groups excluding carboxylic acids is 4. The molecule has 2 aliphatic carbocycles. The second-order valence-electron chi connectivity index (χ2n) is 7.94. The van der Waals surface area contributed by atoms with Crippen molar-refractivity contribution in [1.29, 1.82) is 0 Å². The van der Waals surface area contributed by atoms with Gasteiger partial charge in [0.15, 0.2) is 17.7 Å².